The van der Waals surface area contributed by atoms with Crippen LogP contribution in [0.5, 0.6) is 0 Å². The molecule has 0 spiro atoms. The van der Waals surface area contributed by atoms with Gasteiger partial charge in [0.05, 0.1) is 17.2 Å². The van der Waals surface area contributed by atoms with Crippen molar-refractivity contribution < 1.29 is 13.6 Å². The van der Waals surface area contributed by atoms with Crippen LogP contribution >= 0.6 is 0 Å². The summed E-state index contributed by atoms with van der Waals surface area (Å²) in [6.07, 6.45) is 2.99. The molecule has 186 valence electrons. The van der Waals surface area contributed by atoms with Crippen LogP contribution in [0.4, 0.5) is 20.4 Å². The molecule has 1 unspecified atom stereocenters. The SMILES string of the molecule is CNc1ncc(-c2ccc(CNc3ncc(C#N)cc3C(=O)NC(C)c3ccc(F)cc3)cc2)cc1F. The fourth-order valence-corrected chi connectivity index (χ4v) is 3.73. The Labute approximate surface area is 213 Å². The Kier molecular flexibility index (Phi) is 7.69. The first-order valence-electron chi connectivity index (χ1n) is 11.5. The summed E-state index contributed by atoms with van der Waals surface area (Å²) in [5.74, 6) is -0.702. The van der Waals surface area contributed by atoms with Gasteiger partial charge in [0.15, 0.2) is 11.6 Å². The monoisotopic (exact) mass is 498 g/mol. The Hall–Kier alpha value is -4.84. The molecule has 37 heavy (non-hydrogen) atoms. The van der Waals surface area contributed by atoms with Gasteiger partial charge in [0.1, 0.15) is 17.7 Å². The first kappa shape index (κ1) is 25.3. The highest BCUT2D eigenvalue weighted by Gasteiger charge is 2.17. The third kappa shape index (κ3) is 6.05. The minimum Gasteiger partial charge on any atom is -0.371 e. The van der Waals surface area contributed by atoms with Crippen LogP contribution in [0.15, 0.2) is 73.1 Å². The van der Waals surface area contributed by atoms with Crippen LogP contribution in [0, 0.1) is 23.0 Å². The van der Waals surface area contributed by atoms with E-state index >= 15 is 0 Å². The molecule has 2 aromatic carbocycles. The number of nitrogens with one attached hydrogen (secondary N) is 3. The topological polar surface area (TPSA) is 103 Å². The molecule has 7 nitrogen and oxygen atoms in total. The van der Waals surface area contributed by atoms with Crippen molar-refractivity contribution >= 4 is 17.5 Å². The van der Waals surface area contributed by atoms with Gasteiger partial charge in [0.2, 0.25) is 0 Å². The predicted molar refractivity (Wildman–Crippen MR) is 138 cm³/mol. The first-order chi connectivity index (χ1) is 17.9. The van der Waals surface area contributed by atoms with Gasteiger partial charge in [-0.1, -0.05) is 36.4 Å². The van der Waals surface area contributed by atoms with Crippen molar-refractivity contribution in [2.24, 2.45) is 0 Å². The molecule has 1 amide bonds. The van der Waals surface area contributed by atoms with E-state index < -0.39 is 11.7 Å². The predicted octanol–water partition coefficient (Wildman–Crippen LogP) is 5.44. The van der Waals surface area contributed by atoms with Crippen LogP contribution in [-0.4, -0.2) is 22.9 Å². The fraction of sp³-hybridized carbons (Fsp3) is 0.143. The number of carbonyl (C=O) groups excluding carboxylic acids is 1. The lowest BCUT2D eigenvalue weighted by molar-refractivity contribution is 0.0940. The van der Waals surface area contributed by atoms with E-state index in [9.17, 15) is 18.8 Å². The molecule has 1 atom stereocenters. The van der Waals surface area contributed by atoms with Crippen molar-refractivity contribution in [3.63, 3.8) is 0 Å². The molecule has 2 aromatic heterocycles. The zero-order chi connectivity index (χ0) is 26.4. The lowest BCUT2D eigenvalue weighted by Crippen LogP contribution is -2.28. The number of hydrogen-bond acceptors (Lipinski definition) is 6. The van der Waals surface area contributed by atoms with E-state index in [1.807, 2.05) is 30.3 Å². The summed E-state index contributed by atoms with van der Waals surface area (Å²) in [5, 5.41) is 18.0. The molecule has 0 radical (unpaired) electrons. The number of carbonyl (C=O) groups is 1. The van der Waals surface area contributed by atoms with Gasteiger partial charge in [-0.05, 0) is 47.9 Å². The number of halogens is 2. The molecule has 4 aromatic rings. The Morgan fingerprint density at radius 2 is 1.68 bits per heavy atom. The molecule has 0 aliphatic heterocycles. The minimum atomic E-state index is -0.433. The molecule has 0 fully saturated rings. The number of rotatable bonds is 8. The highest BCUT2D eigenvalue weighted by molar-refractivity contribution is 5.99. The summed E-state index contributed by atoms with van der Waals surface area (Å²) in [6.45, 7) is 2.15. The second-order valence-corrected chi connectivity index (χ2v) is 8.33. The summed E-state index contributed by atoms with van der Waals surface area (Å²) in [6, 6.07) is 17.9. The van der Waals surface area contributed by atoms with E-state index in [2.05, 4.69) is 25.9 Å². The molecule has 0 bridgehead atoms. The molecule has 0 aliphatic carbocycles. The maximum atomic E-state index is 14.1. The lowest BCUT2D eigenvalue weighted by atomic mass is 10.1. The van der Waals surface area contributed by atoms with Crippen LogP contribution in [0.1, 0.15) is 40.0 Å². The highest BCUT2D eigenvalue weighted by Crippen LogP contribution is 2.23. The molecule has 0 saturated carbocycles. The maximum Gasteiger partial charge on any atom is 0.255 e. The quantitative estimate of drug-likeness (QED) is 0.299. The average molecular weight is 499 g/mol. The molecule has 2 heterocycles. The molecular formula is C28H24F2N6O. The van der Waals surface area contributed by atoms with Gasteiger partial charge >= 0.3 is 0 Å². The van der Waals surface area contributed by atoms with Gasteiger partial charge in [-0.2, -0.15) is 5.26 Å². The molecule has 9 heteroatoms. The standard InChI is InChI=1S/C28H24F2N6O/c1-17(20-7-9-23(29)10-8-20)36-28(37)24-11-19(13-31)15-34-26(24)33-14-18-3-5-21(6-4-18)22-12-25(30)27(32-2)35-16-22/h3-12,15-17H,14H2,1-2H3,(H,32,35)(H,33,34)(H,36,37). The van der Waals surface area contributed by atoms with Gasteiger partial charge in [-0.3, -0.25) is 4.79 Å². The third-order valence-corrected chi connectivity index (χ3v) is 5.80. The van der Waals surface area contributed by atoms with Gasteiger partial charge < -0.3 is 16.0 Å². The summed E-state index contributed by atoms with van der Waals surface area (Å²) in [5.41, 5.74) is 3.57. The Morgan fingerprint density at radius 3 is 2.32 bits per heavy atom. The lowest BCUT2D eigenvalue weighted by Gasteiger charge is -2.16. The van der Waals surface area contributed by atoms with E-state index in [1.165, 1.54) is 30.5 Å². The average Bonchev–Trinajstić information content (AvgIpc) is 2.92. The zero-order valence-electron chi connectivity index (χ0n) is 20.2. The molecule has 4 rings (SSSR count). The van der Waals surface area contributed by atoms with E-state index in [4.69, 9.17) is 0 Å². The highest BCUT2D eigenvalue weighted by atomic mass is 19.1. The molecule has 3 N–H and O–H groups in total. The number of nitriles is 1. The summed E-state index contributed by atoms with van der Waals surface area (Å²) >= 11 is 0. The van der Waals surface area contributed by atoms with Crippen LogP contribution in [-0.2, 0) is 6.54 Å². The normalized spacial score (nSPS) is 11.3. The van der Waals surface area contributed by atoms with E-state index in [-0.39, 0.29) is 28.8 Å². The van der Waals surface area contributed by atoms with Crippen LogP contribution in [0.3, 0.4) is 0 Å². The second kappa shape index (κ2) is 11.3. The number of anilines is 2. The van der Waals surface area contributed by atoms with Crippen molar-refractivity contribution in [3.8, 4) is 17.2 Å². The molecular weight excluding hydrogens is 474 g/mol. The smallest absolute Gasteiger partial charge is 0.255 e. The fourth-order valence-electron chi connectivity index (χ4n) is 3.73. The van der Waals surface area contributed by atoms with E-state index in [0.29, 0.717) is 17.9 Å². The molecule has 0 saturated heterocycles. The number of benzene rings is 2. The van der Waals surface area contributed by atoms with Gasteiger partial charge in [-0.25, -0.2) is 18.7 Å². The number of hydrogen-bond donors (Lipinski definition) is 3. The summed E-state index contributed by atoms with van der Waals surface area (Å²) < 4.78 is 27.3. The second-order valence-electron chi connectivity index (χ2n) is 8.33. The third-order valence-electron chi connectivity index (χ3n) is 5.80. The summed E-state index contributed by atoms with van der Waals surface area (Å²) in [4.78, 5) is 21.4. The van der Waals surface area contributed by atoms with Gasteiger partial charge in [0.25, 0.3) is 5.91 Å². The Balaban J connectivity index is 1.48. The van der Waals surface area contributed by atoms with Crippen molar-refractivity contribution in [2.45, 2.75) is 19.5 Å². The van der Waals surface area contributed by atoms with Crippen molar-refractivity contribution in [1.82, 2.24) is 15.3 Å². The Bertz CT molecular complexity index is 1450. The first-order valence-corrected chi connectivity index (χ1v) is 11.5. The van der Waals surface area contributed by atoms with Crippen LogP contribution in [0.25, 0.3) is 11.1 Å². The van der Waals surface area contributed by atoms with Crippen LogP contribution < -0.4 is 16.0 Å². The number of nitrogens with zero attached hydrogens (tertiary/aromatic N) is 3. The maximum absolute atomic E-state index is 14.1. The van der Waals surface area contributed by atoms with Crippen molar-refractivity contribution in [2.75, 3.05) is 17.7 Å². The minimum absolute atomic E-state index is 0.186. The largest absolute Gasteiger partial charge is 0.371 e. The van der Waals surface area contributed by atoms with Crippen molar-refractivity contribution in [1.29, 1.82) is 5.26 Å². The van der Waals surface area contributed by atoms with Gasteiger partial charge in [-0.15, -0.1) is 0 Å². The van der Waals surface area contributed by atoms with E-state index in [1.54, 1.807) is 32.3 Å². The number of amides is 1. The van der Waals surface area contributed by atoms with Gasteiger partial charge in [0, 0.05) is 31.5 Å². The number of aromatic nitrogens is 2. The van der Waals surface area contributed by atoms with E-state index in [0.717, 1.165) is 16.7 Å². The zero-order valence-corrected chi connectivity index (χ0v) is 20.2. The van der Waals surface area contributed by atoms with Crippen molar-refractivity contribution in [3.05, 3.63) is 107 Å². The summed E-state index contributed by atoms with van der Waals surface area (Å²) in [7, 11) is 1.61. The molecule has 0 aliphatic rings. The Morgan fingerprint density at radius 1 is 0.973 bits per heavy atom. The van der Waals surface area contributed by atoms with Crippen LogP contribution in [0.2, 0.25) is 0 Å². The number of pyridine rings is 2.